The van der Waals surface area contributed by atoms with Gasteiger partial charge in [0.2, 0.25) is 0 Å². The molecule has 1 unspecified atom stereocenters. The molecule has 0 saturated carbocycles. The molecule has 0 amide bonds. The summed E-state index contributed by atoms with van der Waals surface area (Å²) in [4.78, 5) is 5.70. The van der Waals surface area contributed by atoms with Crippen LogP contribution in [0.15, 0.2) is 60.7 Å². The number of sulfone groups is 1. The van der Waals surface area contributed by atoms with Gasteiger partial charge in [0.05, 0.1) is 11.8 Å². The average molecular weight is 328 g/mol. The van der Waals surface area contributed by atoms with Gasteiger partial charge >= 0.3 is 0 Å². The molecule has 0 aliphatic carbocycles. The van der Waals surface area contributed by atoms with Gasteiger partial charge in [0.25, 0.3) is 0 Å². The number of nitriles is 1. The van der Waals surface area contributed by atoms with Crippen LogP contribution in [0.2, 0.25) is 0 Å². The highest BCUT2D eigenvalue weighted by Crippen LogP contribution is 2.41. The van der Waals surface area contributed by atoms with E-state index in [2.05, 4.69) is 0 Å². The molecule has 118 valence electrons. The predicted molar refractivity (Wildman–Crippen MR) is 87.2 cm³/mol. The van der Waals surface area contributed by atoms with Gasteiger partial charge in [0, 0.05) is 6.26 Å². The van der Waals surface area contributed by atoms with E-state index in [0.717, 1.165) is 11.8 Å². The third-order valence-corrected chi connectivity index (χ3v) is 5.36. The Morgan fingerprint density at radius 3 is 2.13 bits per heavy atom. The van der Waals surface area contributed by atoms with Crippen LogP contribution >= 0.6 is 0 Å². The molecule has 1 aliphatic heterocycles. The zero-order valence-electron chi connectivity index (χ0n) is 12.5. The maximum absolute atomic E-state index is 12.3. The minimum atomic E-state index is -3.49. The van der Waals surface area contributed by atoms with Crippen molar-refractivity contribution < 1.29 is 13.3 Å². The molecule has 1 heterocycles. The van der Waals surface area contributed by atoms with Crippen molar-refractivity contribution in [2.75, 3.05) is 11.3 Å². The summed E-state index contributed by atoms with van der Waals surface area (Å²) in [6.07, 6.45) is 0.103. The quantitative estimate of drug-likeness (QED) is 0.866. The Hall–Kier alpha value is -2.36. The van der Waals surface area contributed by atoms with Gasteiger partial charge in [-0.25, -0.2) is 13.5 Å². The normalized spacial score (nSPS) is 24.3. The highest BCUT2D eigenvalue weighted by atomic mass is 32.2. The second-order valence-electron chi connectivity index (χ2n) is 5.47. The summed E-state index contributed by atoms with van der Waals surface area (Å²) >= 11 is 0. The lowest BCUT2D eigenvalue weighted by Gasteiger charge is -2.26. The largest absolute Gasteiger partial charge is 0.253 e. The number of anilines is 1. The fourth-order valence-corrected chi connectivity index (χ4v) is 4.17. The van der Waals surface area contributed by atoms with E-state index in [1.54, 1.807) is 0 Å². The zero-order chi connectivity index (χ0) is 16.4. The molecule has 0 radical (unpaired) electrons. The molecule has 2 aromatic carbocycles. The van der Waals surface area contributed by atoms with Gasteiger partial charge in [-0.05, 0) is 17.7 Å². The Morgan fingerprint density at radius 1 is 1.04 bits per heavy atom. The minimum absolute atomic E-state index is 0.571. The average Bonchev–Trinajstić information content (AvgIpc) is 2.96. The summed E-state index contributed by atoms with van der Waals surface area (Å²) in [5.41, 5.74) is 1.51. The van der Waals surface area contributed by atoms with Gasteiger partial charge in [-0.3, -0.25) is 4.84 Å². The Kier molecular flexibility index (Phi) is 4.07. The third-order valence-electron chi connectivity index (χ3n) is 3.86. The van der Waals surface area contributed by atoms with E-state index in [1.165, 1.54) is 5.06 Å². The van der Waals surface area contributed by atoms with Crippen LogP contribution in [0.25, 0.3) is 0 Å². The number of hydrogen-bond donors (Lipinski definition) is 0. The van der Waals surface area contributed by atoms with Gasteiger partial charge in [-0.2, -0.15) is 5.26 Å². The lowest BCUT2D eigenvalue weighted by atomic mass is 10.0. The van der Waals surface area contributed by atoms with E-state index >= 15 is 0 Å². The van der Waals surface area contributed by atoms with Crippen LogP contribution in [0.1, 0.15) is 11.6 Å². The Morgan fingerprint density at radius 2 is 1.61 bits per heavy atom. The van der Waals surface area contributed by atoms with Crippen LogP contribution in [0, 0.1) is 11.3 Å². The number of benzene rings is 2. The van der Waals surface area contributed by atoms with Gasteiger partial charge in [0.1, 0.15) is 11.3 Å². The number of hydroxylamine groups is 1. The van der Waals surface area contributed by atoms with E-state index in [1.807, 2.05) is 66.7 Å². The van der Waals surface area contributed by atoms with Crippen LogP contribution < -0.4 is 5.06 Å². The molecule has 0 aromatic heterocycles. The summed E-state index contributed by atoms with van der Waals surface area (Å²) in [6, 6.07) is 19.9. The van der Waals surface area contributed by atoms with E-state index in [9.17, 15) is 13.7 Å². The smallest absolute Gasteiger partial charge is 0.190 e. The van der Waals surface area contributed by atoms with Crippen molar-refractivity contribution in [1.82, 2.24) is 0 Å². The summed E-state index contributed by atoms with van der Waals surface area (Å²) < 4.78 is 24.6. The molecule has 3 rings (SSSR count). The van der Waals surface area contributed by atoms with E-state index in [0.29, 0.717) is 5.69 Å². The molecule has 5 nitrogen and oxygen atoms in total. The monoisotopic (exact) mass is 328 g/mol. The van der Waals surface area contributed by atoms with Crippen molar-refractivity contribution in [3.8, 4) is 6.07 Å². The van der Waals surface area contributed by atoms with Crippen molar-refractivity contribution in [2.45, 2.75) is 17.4 Å². The predicted octanol–water partition coefficient (Wildman–Crippen LogP) is 2.48. The number of nitrogens with zero attached hydrogens (tertiary/aromatic N) is 2. The molecule has 0 N–H and O–H groups in total. The zero-order valence-corrected chi connectivity index (χ0v) is 13.3. The molecule has 0 bridgehead atoms. The number of rotatable bonds is 3. The molecule has 6 heteroatoms. The maximum Gasteiger partial charge on any atom is 0.190 e. The van der Waals surface area contributed by atoms with Crippen molar-refractivity contribution >= 4 is 15.5 Å². The molecule has 3 atom stereocenters. The van der Waals surface area contributed by atoms with Gasteiger partial charge in [-0.15, -0.1) is 0 Å². The highest BCUT2D eigenvalue weighted by molar-refractivity contribution is 7.91. The first-order chi connectivity index (χ1) is 11.0. The number of para-hydroxylation sites is 1. The molecule has 1 saturated heterocycles. The fraction of sp³-hybridized carbons (Fsp3) is 0.235. The van der Waals surface area contributed by atoms with Crippen LogP contribution in [-0.4, -0.2) is 26.0 Å². The molecule has 2 aromatic rings. The van der Waals surface area contributed by atoms with Crippen LogP contribution in [0.4, 0.5) is 5.69 Å². The Labute approximate surface area is 135 Å². The SMILES string of the molecule is CS(=O)(=O)[C@H]1C(c2ccccc2)N(c2ccccc2)O[C@@H]1C#N. The van der Waals surface area contributed by atoms with Gasteiger partial charge < -0.3 is 0 Å². The van der Waals surface area contributed by atoms with E-state index < -0.39 is 27.2 Å². The third kappa shape index (κ3) is 2.93. The maximum atomic E-state index is 12.3. The van der Waals surface area contributed by atoms with Gasteiger partial charge in [-0.1, -0.05) is 48.5 Å². The van der Waals surface area contributed by atoms with Crippen molar-refractivity contribution in [1.29, 1.82) is 5.26 Å². The first-order valence-electron chi connectivity index (χ1n) is 7.17. The molecular weight excluding hydrogens is 312 g/mol. The van der Waals surface area contributed by atoms with Crippen LogP contribution in [-0.2, 0) is 14.7 Å². The summed E-state index contributed by atoms with van der Waals surface area (Å²) in [7, 11) is -3.49. The van der Waals surface area contributed by atoms with E-state index in [-0.39, 0.29) is 0 Å². The lowest BCUT2D eigenvalue weighted by Crippen LogP contribution is -2.34. The Balaban J connectivity index is 2.14. The minimum Gasteiger partial charge on any atom is -0.253 e. The van der Waals surface area contributed by atoms with Crippen LogP contribution in [0.5, 0.6) is 0 Å². The first-order valence-corrected chi connectivity index (χ1v) is 9.12. The first kappa shape index (κ1) is 15.5. The number of hydrogen-bond acceptors (Lipinski definition) is 5. The summed E-state index contributed by atoms with van der Waals surface area (Å²) in [5, 5.41) is 9.95. The van der Waals surface area contributed by atoms with Crippen molar-refractivity contribution in [3.05, 3.63) is 66.2 Å². The van der Waals surface area contributed by atoms with Crippen LogP contribution in [0.3, 0.4) is 0 Å². The molecule has 1 aliphatic rings. The molecule has 1 fully saturated rings. The summed E-state index contributed by atoms with van der Waals surface area (Å²) in [5.74, 6) is 0. The molecule has 23 heavy (non-hydrogen) atoms. The summed E-state index contributed by atoms with van der Waals surface area (Å²) in [6.45, 7) is 0. The highest BCUT2D eigenvalue weighted by Gasteiger charge is 2.50. The molecular formula is C17H16N2O3S. The van der Waals surface area contributed by atoms with Gasteiger partial charge in [0.15, 0.2) is 15.9 Å². The second-order valence-corrected chi connectivity index (χ2v) is 7.67. The second kappa shape index (κ2) is 6.03. The Bertz CT molecular complexity index is 816. The fourth-order valence-electron chi connectivity index (χ4n) is 2.87. The van der Waals surface area contributed by atoms with Crippen molar-refractivity contribution in [2.24, 2.45) is 0 Å². The van der Waals surface area contributed by atoms with E-state index in [4.69, 9.17) is 4.84 Å². The molecule has 0 spiro atoms. The lowest BCUT2D eigenvalue weighted by molar-refractivity contribution is 0.118. The van der Waals surface area contributed by atoms with Crippen molar-refractivity contribution in [3.63, 3.8) is 0 Å². The topological polar surface area (TPSA) is 70.4 Å². The standard InChI is InChI=1S/C17H16N2O3S/c1-23(20,21)17-15(12-18)22-19(14-10-6-3-7-11-14)16(17)13-8-4-2-5-9-13/h2-11,15-17H,1H3/t15-,16?,17-/m1/s1.